The minimum atomic E-state index is -4.54. The zero-order chi connectivity index (χ0) is 34.7. The number of nitrogens with one attached hydrogen (secondary N) is 1. The quantitative estimate of drug-likeness (QED) is 0.174. The number of anilines is 1. The second-order valence-electron chi connectivity index (χ2n) is 14.3. The van der Waals surface area contributed by atoms with Gasteiger partial charge in [-0.2, -0.15) is 4.31 Å². The minimum absolute atomic E-state index is 0.0197. The van der Waals surface area contributed by atoms with Gasteiger partial charge in [0.05, 0.1) is 10.6 Å². The number of benzene rings is 2. The lowest BCUT2D eigenvalue weighted by Crippen LogP contribution is -2.43. The third kappa shape index (κ3) is 10.0. The molecule has 3 amide bonds. The van der Waals surface area contributed by atoms with E-state index in [1.165, 1.54) is 35.2 Å². The van der Waals surface area contributed by atoms with Gasteiger partial charge in [0.15, 0.2) is 0 Å². The molecule has 1 aliphatic heterocycles. The number of carbonyl (C=O) groups excluding carboxylic acids is 3. The van der Waals surface area contributed by atoms with E-state index in [0.717, 1.165) is 12.1 Å². The van der Waals surface area contributed by atoms with Crippen molar-refractivity contribution in [2.75, 3.05) is 24.8 Å². The van der Waals surface area contributed by atoms with Crippen LogP contribution in [0, 0.1) is 5.82 Å². The van der Waals surface area contributed by atoms with Crippen LogP contribution in [-0.2, 0) is 29.0 Å². The van der Waals surface area contributed by atoms with Gasteiger partial charge in [-0.3, -0.25) is 4.79 Å². The number of rotatable bonds is 10. The maximum Gasteiger partial charge on any atom is 0.426 e. The molecule has 254 valence electrons. The SMILES string of the molecule is CC(C)(C)OC(=O)N[C@H]1CCN(c2ccc(-c3ccccc3S(=O)(=O)N(COCC[Si](C)(C)C)C(=O)OC(C)(C)C)cc2F)C1=O. The number of hydrogen-bond acceptors (Lipinski definition) is 8. The molecule has 14 heteroatoms. The van der Waals surface area contributed by atoms with Crippen LogP contribution in [0.1, 0.15) is 48.0 Å². The molecule has 1 aliphatic rings. The van der Waals surface area contributed by atoms with E-state index in [4.69, 9.17) is 14.2 Å². The number of carbonyl (C=O) groups is 3. The Balaban J connectivity index is 1.90. The highest BCUT2D eigenvalue weighted by atomic mass is 32.2. The third-order valence-electron chi connectivity index (χ3n) is 6.70. The van der Waals surface area contributed by atoms with E-state index in [0.29, 0.717) is 4.31 Å². The second kappa shape index (κ2) is 14.1. The molecule has 1 heterocycles. The maximum atomic E-state index is 15.6. The van der Waals surface area contributed by atoms with Gasteiger partial charge in [0.2, 0.25) is 5.91 Å². The van der Waals surface area contributed by atoms with Crippen molar-refractivity contribution < 1.29 is 41.4 Å². The Bertz CT molecular complexity index is 1550. The molecule has 1 saturated heterocycles. The van der Waals surface area contributed by atoms with Gasteiger partial charge in [0.1, 0.15) is 29.8 Å². The molecule has 2 aromatic rings. The fourth-order valence-corrected chi connectivity index (χ4v) is 6.66. The first-order valence-corrected chi connectivity index (χ1v) is 20.3. The van der Waals surface area contributed by atoms with Crippen molar-refractivity contribution in [3.8, 4) is 11.1 Å². The van der Waals surface area contributed by atoms with Crippen LogP contribution in [0.25, 0.3) is 11.1 Å². The van der Waals surface area contributed by atoms with E-state index in [1.807, 2.05) is 0 Å². The number of sulfonamides is 1. The highest BCUT2D eigenvalue weighted by molar-refractivity contribution is 7.89. The normalized spacial score (nSPS) is 15.9. The molecule has 0 spiro atoms. The van der Waals surface area contributed by atoms with Crippen molar-refractivity contribution in [1.82, 2.24) is 9.62 Å². The zero-order valence-electron chi connectivity index (χ0n) is 28.1. The van der Waals surface area contributed by atoms with Crippen LogP contribution in [0.3, 0.4) is 0 Å². The average molecular weight is 680 g/mol. The zero-order valence-corrected chi connectivity index (χ0v) is 29.9. The average Bonchev–Trinajstić information content (AvgIpc) is 3.24. The number of alkyl carbamates (subject to hydrolysis) is 1. The lowest BCUT2D eigenvalue weighted by atomic mass is 10.0. The summed E-state index contributed by atoms with van der Waals surface area (Å²) in [6.45, 7) is 16.3. The van der Waals surface area contributed by atoms with Crippen molar-refractivity contribution in [1.29, 1.82) is 0 Å². The van der Waals surface area contributed by atoms with E-state index in [2.05, 4.69) is 25.0 Å². The molecule has 0 bridgehead atoms. The summed E-state index contributed by atoms with van der Waals surface area (Å²) in [5.41, 5.74) is -1.40. The fraction of sp³-hybridized carbons (Fsp3) is 0.531. The van der Waals surface area contributed by atoms with Crippen LogP contribution in [0.4, 0.5) is 19.7 Å². The predicted octanol–water partition coefficient (Wildman–Crippen LogP) is 6.36. The Kier molecular flexibility index (Phi) is 11.3. The summed E-state index contributed by atoms with van der Waals surface area (Å²) in [4.78, 5) is 39.4. The molecular formula is C32H46FN3O8SSi. The van der Waals surface area contributed by atoms with Crippen LogP contribution in [0.2, 0.25) is 25.7 Å². The predicted molar refractivity (Wildman–Crippen MR) is 176 cm³/mol. The van der Waals surface area contributed by atoms with Gasteiger partial charge in [-0.1, -0.05) is 43.9 Å². The second-order valence-corrected chi connectivity index (χ2v) is 21.8. The summed E-state index contributed by atoms with van der Waals surface area (Å²) >= 11 is 0. The summed E-state index contributed by atoms with van der Waals surface area (Å²) < 4.78 is 60.5. The first-order valence-electron chi connectivity index (χ1n) is 15.1. The lowest BCUT2D eigenvalue weighted by Gasteiger charge is -2.28. The smallest absolute Gasteiger partial charge is 0.426 e. The Hall–Kier alpha value is -3.49. The molecule has 1 atom stereocenters. The molecule has 1 fully saturated rings. The van der Waals surface area contributed by atoms with Crippen molar-refractivity contribution >= 4 is 41.9 Å². The highest BCUT2D eigenvalue weighted by Crippen LogP contribution is 2.34. The summed E-state index contributed by atoms with van der Waals surface area (Å²) in [6.07, 6.45) is -1.59. The van der Waals surface area contributed by atoms with Gasteiger partial charge < -0.3 is 24.4 Å². The molecule has 0 saturated carbocycles. The standard InChI is InChI=1S/C32H46FN3O8SSi/c1-31(2,3)43-29(38)34-25-16-17-35(28(25)37)26-15-14-22(20-24(26)33)23-12-10-11-13-27(23)45(40,41)36(30(39)44-32(4,5)6)21-42-18-19-46(7,8)9/h10-15,20,25H,16-19,21H2,1-9H3,(H,34,38)/t25-/m0/s1. The van der Waals surface area contributed by atoms with Crippen LogP contribution in [-0.4, -0.2) is 76.0 Å². The summed E-state index contributed by atoms with van der Waals surface area (Å²) in [7, 11) is -6.04. The van der Waals surface area contributed by atoms with E-state index < -0.39 is 66.0 Å². The molecule has 0 unspecified atom stereocenters. The van der Waals surface area contributed by atoms with Crippen molar-refractivity contribution in [3.05, 3.63) is 48.3 Å². The van der Waals surface area contributed by atoms with Gasteiger partial charge in [-0.05, 0) is 77.8 Å². The first-order chi connectivity index (χ1) is 21.1. The summed E-state index contributed by atoms with van der Waals surface area (Å²) in [5, 5.41) is 2.53. The van der Waals surface area contributed by atoms with Crippen LogP contribution < -0.4 is 10.2 Å². The van der Waals surface area contributed by atoms with Gasteiger partial charge >= 0.3 is 12.2 Å². The number of amides is 3. The van der Waals surface area contributed by atoms with Gasteiger partial charge in [-0.15, -0.1) is 0 Å². The van der Waals surface area contributed by atoms with E-state index in [-0.39, 0.29) is 41.3 Å². The summed E-state index contributed by atoms with van der Waals surface area (Å²) in [6, 6.07) is 9.81. The van der Waals surface area contributed by atoms with Gasteiger partial charge in [0, 0.05) is 26.8 Å². The molecule has 0 radical (unpaired) electrons. The molecular weight excluding hydrogens is 634 g/mol. The number of ether oxygens (including phenoxy) is 3. The fourth-order valence-electron chi connectivity index (χ4n) is 4.50. The third-order valence-corrected chi connectivity index (χ3v) is 10.2. The van der Waals surface area contributed by atoms with Crippen molar-refractivity contribution in [3.63, 3.8) is 0 Å². The summed E-state index contributed by atoms with van der Waals surface area (Å²) in [5.74, 6) is -1.27. The highest BCUT2D eigenvalue weighted by Gasteiger charge is 2.37. The Labute approximate surface area is 272 Å². The molecule has 1 N–H and O–H groups in total. The van der Waals surface area contributed by atoms with Crippen LogP contribution in [0.5, 0.6) is 0 Å². The maximum absolute atomic E-state index is 15.6. The molecule has 11 nitrogen and oxygen atoms in total. The Morgan fingerprint density at radius 3 is 2.24 bits per heavy atom. The monoisotopic (exact) mass is 679 g/mol. The van der Waals surface area contributed by atoms with Gasteiger partial charge in [-0.25, -0.2) is 22.4 Å². The molecule has 0 aromatic heterocycles. The van der Waals surface area contributed by atoms with Gasteiger partial charge in [0.25, 0.3) is 10.0 Å². The topological polar surface area (TPSA) is 132 Å². The molecule has 0 aliphatic carbocycles. The number of hydrogen-bond donors (Lipinski definition) is 1. The largest absolute Gasteiger partial charge is 0.444 e. The van der Waals surface area contributed by atoms with E-state index >= 15 is 4.39 Å². The first kappa shape index (κ1) is 37.0. The molecule has 3 rings (SSSR count). The van der Waals surface area contributed by atoms with Crippen molar-refractivity contribution in [2.45, 2.75) is 95.8 Å². The molecule has 2 aromatic carbocycles. The Morgan fingerprint density at radius 1 is 1.02 bits per heavy atom. The number of halogens is 1. The number of nitrogens with zero attached hydrogens (tertiary/aromatic N) is 2. The van der Waals surface area contributed by atoms with Crippen LogP contribution >= 0.6 is 0 Å². The van der Waals surface area contributed by atoms with E-state index in [1.54, 1.807) is 47.6 Å². The van der Waals surface area contributed by atoms with E-state index in [9.17, 15) is 22.8 Å². The van der Waals surface area contributed by atoms with Crippen LogP contribution in [0.15, 0.2) is 47.4 Å². The lowest BCUT2D eigenvalue weighted by molar-refractivity contribution is -0.118. The molecule has 46 heavy (non-hydrogen) atoms. The van der Waals surface area contributed by atoms with Crippen molar-refractivity contribution in [2.24, 2.45) is 0 Å². The Morgan fingerprint density at radius 2 is 1.65 bits per heavy atom. The minimum Gasteiger partial charge on any atom is -0.444 e.